The van der Waals surface area contributed by atoms with Gasteiger partial charge in [0.2, 0.25) is 0 Å². The molecule has 0 aromatic heterocycles. The van der Waals surface area contributed by atoms with E-state index in [1.807, 2.05) is 6.92 Å². The van der Waals surface area contributed by atoms with Crippen LogP contribution in [0.15, 0.2) is 11.1 Å². The molecule has 2 heteroatoms. The van der Waals surface area contributed by atoms with Crippen LogP contribution in [0.5, 0.6) is 0 Å². The second-order valence-corrected chi connectivity index (χ2v) is 4.62. The number of carbonyl (C=O) groups is 1. The summed E-state index contributed by atoms with van der Waals surface area (Å²) in [5, 5.41) is 10.4. The van der Waals surface area contributed by atoms with Crippen LogP contribution < -0.4 is 0 Å². The lowest BCUT2D eigenvalue weighted by Gasteiger charge is -2.30. The van der Waals surface area contributed by atoms with Crippen molar-refractivity contribution in [3.05, 3.63) is 11.1 Å². The van der Waals surface area contributed by atoms with Gasteiger partial charge in [-0.3, -0.25) is 4.79 Å². The number of hydrogen-bond acceptors (Lipinski definition) is 2. The molecule has 1 fully saturated rings. The molecular formula is C12H18O2. The molecule has 0 aromatic rings. The highest BCUT2D eigenvalue weighted by molar-refractivity contribution is 5.96. The fourth-order valence-electron chi connectivity index (χ4n) is 2.81. The Hall–Kier alpha value is -0.630. The number of hydrogen-bond donors (Lipinski definition) is 1. The Balaban J connectivity index is 2.31. The quantitative estimate of drug-likeness (QED) is 0.695. The molecule has 2 aliphatic carbocycles. The molecule has 0 saturated heterocycles. The maximum atomic E-state index is 11.5. The molecule has 1 saturated carbocycles. The van der Waals surface area contributed by atoms with Gasteiger partial charge >= 0.3 is 0 Å². The maximum Gasteiger partial charge on any atom is 0.158 e. The van der Waals surface area contributed by atoms with Crippen molar-refractivity contribution in [3.8, 4) is 0 Å². The molecule has 0 radical (unpaired) electrons. The Labute approximate surface area is 85.0 Å². The minimum atomic E-state index is -0.625. The van der Waals surface area contributed by atoms with Crippen LogP contribution >= 0.6 is 0 Å². The third-order valence-electron chi connectivity index (χ3n) is 3.69. The van der Waals surface area contributed by atoms with Crippen LogP contribution in [-0.2, 0) is 4.79 Å². The first-order chi connectivity index (χ1) is 6.63. The summed E-state index contributed by atoms with van der Waals surface area (Å²) in [5.41, 5.74) is 1.27. The Bertz CT molecular complexity index is 283. The van der Waals surface area contributed by atoms with Crippen LogP contribution in [0.25, 0.3) is 0 Å². The summed E-state index contributed by atoms with van der Waals surface area (Å²) in [5.74, 6) is 0.242. The second kappa shape index (κ2) is 3.50. The van der Waals surface area contributed by atoms with Crippen LogP contribution in [-0.4, -0.2) is 16.5 Å². The average Bonchev–Trinajstić information content (AvgIpc) is 2.58. The molecule has 0 heterocycles. The van der Waals surface area contributed by atoms with Crippen molar-refractivity contribution in [2.45, 2.75) is 57.5 Å². The predicted molar refractivity (Wildman–Crippen MR) is 55.0 cm³/mol. The zero-order valence-electron chi connectivity index (χ0n) is 8.81. The van der Waals surface area contributed by atoms with Gasteiger partial charge in [-0.15, -0.1) is 0 Å². The average molecular weight is 194 g/mol. The third-order valence-corrected chi connectivity index (χ3v) is 3.69. The molecule has 0 atom stereocenters. The summed E-state index contributed by atoms with van der Waals surface area (Å²) in [7, 11) is 0. The zero-order valence-corrected chi connectivity index (χ0v) is 8.81. The van der Waals surface area contributed by atoms with Crippen molar-refractivity contribution >= 4 is 5.78 Å². The molecule has 0 aliphatic heterocycles. The van der Waals surface area contributed by atoms with Crippen LogP contribution in [0.4, 0.5) is 0 Å². The van der Waals surface area contributed by atoms with Crippen LogP contribution in [0.3, 0.4) is 0 Å². The standard InChI is InChI=1S/C12H18O2/c1-9-10(5-4-6-11(9)13)12(14)7-2-3-8-12/h14H,2-8H2,1H3. The van der Waals surface area contributed by atoms with Crippen LogP contribution in [0, 0.1) is 0 Å². The summed E-state index contributed by atoms with van der Waals surface area (Å²) in [6.45, 7) is 1.88. The SMILES string of the molecule is CC1=C(C2(O)CCCC2)CCCC1=O. The molecule has 0 amide bonds. The van der Waals surface area contributed by atoms with Gasteiger partial charge in [0.05, 0.1) is 5.60 Å². The molecule has 2 rings (SSSR count). The van der Waals surface area contributed by atoms with E-state index in [-0.39, 0.29) is 5.78 Å². The van der Waals surface area contributed by atoms with Gasteiger partial charge in [-0.05, 0) is 43.8 Å². The zero-order chi connectivity index (χ0) is 10.2. The summed E-state index contributed by atoms with van der Waals surface area (Å²) in [4.78, 5) is 11.5. The Morgan fingerprint density at radius 1 is 1.14 bits per heavy atom. The second-order valence-electron chi connectivity index (χ2n) is 4.62. The lowest BCUT2D eigenvalue weighted by Crippen LogP contribution is -2.31. The molecule has 2 aliphatic rings. The van der Waals surface area contributed by atoms with E-state index < -0.39 is 5.60 Å². The van der Waals surface area contributed by atoms with E-state index in [0.717, 1.165) is 49.7 Å². The first kappa shape index (κ1) is 9.91. The largest absolute Gasteiger partial charge is 0.385 e. The van der Waals surface area contributed by atoms with Crippen molar-refractivity contribution in [3.63, 3.8) is 0 Å². The maximum absolute atomic E-state index is 11.5. The van der Waals surface area contributed by atoms with E-state index >= 15 is 0 Å². The molecule has 0 bridgehead atoms. The fraction of sp³-hybridized carbons (Fsp3) is 0.750. The van der Waals surface area contributed by atoms with Gasteiger partial charge in [-0.1, -0.05) is 12.8 Å². The Morgan fingerprint density at radius 3 is 2.43 bits per heavy atom. The molecule has 0 unspecified atom stereocenters. The van der Waals surface area contributed by atoms with E-state index in [4.69, 9.17) is 0 Å². The van der Waals surface area contributed by atoms with Crippen molar-refractivity contribution in [2.24, 2.45) is 0 Å². The van der Waals surface area contributed by atoms with E-state index in [2.05, 4.69) is 0 Å². The summed E-state index contributed by atoms with van der Waals surface area (Å²) in [6.07, 6.45) is 6.43. The first-order valence-corrected chi connectivity index (χ1v) is 5.59. The lowest BCUT2D eigenvalue weighted by atomic mass is 9.80. The smallest absolute Gasteiger partial charge is 0.158 e. The van der Waals surface area contributed by atoms with Gasteiger partial charge in [0.15, 0.2) is 5.78 Å². The number of ketones is 1. The van der Waals surface area contributed by atoms with Crippen LogP contribution in [0.1, 0.15) is 51.9 Å². The minimum Gasteiger partial charge on any atom is -0.385 e. The Kier molecular flexibility index (Phi) is 2.48. The van der Waals surface area contributed by atoms with E-state index in [9.17, 15) is 9.90 Å². The van der Waals surface area contributed by atoms with Gasteiger partial charge in [-0.25, -0.2) is 0 Å². The van der Waals surface area contributed by atoms with Crippen molar-refractivity contribution in [2.75, 3.05) is 0 Å². The van der Waals surface area contributed by atoms with Gasteiger partial charge < -0.3 is 5.11 Å². The summed E-state index contributed by atoms with van der Waals surface area (Å²) in [6, 6.07) is 0. The first-order valence-electron chi connectivity index (χ1n) is 5.59. The molecule has 1 N–H and O–H groups in total. The van der Waals surface area contributed by atoms with Gasteiger partial charge in [0.1, 0.15) is 0 Å². The van der Waals surface area contributed by atoms with E-state index in [1.165, 1.54) is 0 Å². The number of rotatable bonds is 1. The van der Waals surface area contributed by atoms with Crippen molar-refractivity contribution in [1.82, 2.24) is 0 Å². The fourth-order valence-corrected chi connectivity index (χ4v) is 2.81. The highest BCUT2D eigenvalue weighted by atomic mass is 16.3. The molecule has 78 valence electrons. The number of allylic oxidation sites excluding steroid dienone is 1. The lowest BCUT2D eigenvalue weighted by molar-refractivity contribution is -0.116. The third kappa shape index (κ3) is 1.52. The van der Waals surface area contributed by atoms with Gasteiger partial charge in [-0.2, -0.15) is 0 Å². The summed E-state index contributed by atoms with van der Waals surface area (Å²) >= 11 is 0. The molecule has 14 heavy (non-hydrogen) atoms. The Morgan fingerprint density at radius 2 is 1.79 bits per heavy atom. The monoisotopic (exact) mass is 194 g/mol. The topological polar surface area (TPSA) is 37.3 Å². The van der Waals surface area contributed by atoms with Gasteiger partial charge in [0, 0.05) is 6.42 Å². The van der Waals surface area contributed by atoms with Gasteiger partial charge in [0.25, 0.3) is 0 Å². The van der Waals surface area contributed by atoms with E-state index in [0.29, 0.717) is 6.42 Å². The van der Waals surface area contributed by atoms with Crippen molar-refractivity contribution < 1.29 is 9.90 Å². The number of aliphatic hydroxyl groups is 1. The molecule has 0 spiro atoms. The van der Waals surface area contributed by atoms with Crippen molar-refractivity contribution in [1.29, 1.82) is 0 Å². The molecule has 2 nitrogen and oxygen atoms in total. The molecular weight excluding hydrogens is 176 g/mol. The normalized spacial score (nSPS) is 27.1. The van der Waals surface area contributed by atoms with Crippen LogP contribution in [0.2, 0.25) is 0 Å². The molecule has 0 aromatic carbocycles. The highest BCUT2D eigenvalue weighted by Gasteiger charge is 2.37. The predicted octanol–water partition coefficient (Wildman–Crippen LogP) is 2.36. The minimum absolute atomic E-state index is 0.242. The number of carbonyl (C=O) groups excluding carboxylic acids is 1. The highest BCUT2D eigenvalue weighted by Crippen LogP contribution is 2.41. The number of Topliss-reactive ketones (excluding diaryl/α,β-unsaturated/α-hetero) is 1. The van der Waals surface area contributed by atoms with E-state index in [1.54, 1.807) is 0 Å². The summed E-state index contributed by atoms with van der Waals surface area (Å²) < 4.78 is 0.